The number of carboxylic acid groups (broad SMARTS) is 1. The number of nitrogens with one attached hydrogen (secondary N) is 2. The first-order valence-electron chi connectivity index (χ1n) is 5.60. The minimum absolute atomic E-state index is 0.0631. The third-order valence-electron chi connectivity index (χ3n) is 2.61. The molecule has 104 valence electrons. The van der Waals surface area contributed by atoms with Crippen LogP contribution in [0.1, 0.15) is 32.1 Å². The number of nitrogens with zero attached hydrogens (tertiary/aromatic N) is 1. The van der Waals surface area contributed by atoms with E-state index in [2.05, 4.69) is 14.7 Å². The molecule has 0 saturated heterocycles. The van der Waals surface area contributed by atoms with Gasteiger partial charge in [0.15, 0.2) is 5.43 Å². The molecule has 0 spiro atoms. The number of hydrogen-bond donors (Lipinski definition) is 3. The normalized spacial score (nSPS) is 10.3. The first kappa shape index (κ1) is 13.9. The minimum atomic E-state index is -1.18. The Bertz CT molecular complexity index is 747. The molecule has 0 fully saturated rings. The molecule has 0 unspecified atom stereocenters. The maximum Gasteiger partial charge on any atom is 0.340 e. The molecule has 2 heterocycles. The Kier molecular flexibility index (Phi) is 3.66. The maximum absolute atomic E-state index is 12.0. The van der Waals surface area contributed by atoms with Crippen molar-refractivity contribution in [1.82, 2.24) is 9.36 Å². The van der Waals surface area contributed by atoms with E-state index in [1.54, 1.807) is 6.92 Å². The van der Waals surface area contributed by atoms with Crippen molar-refractivity contribution < 1.29 is 14.7 Å². The van der Waals surface area contributed by atoms with Gasteiger partial charge in [0.1, 0.15) is 16.1 Å². The highest BCUT2D eigenvalue weighted by atomic mass is 32.1. The van der Waals surface area contributed by atoms with Crippen LogP contribution in [-0.2, 0) is 0 Å². The summed E-state index contributed by atoms with van der Waals surface area (Å²) in [6.07, 6.45) is 1.29. The van der Waals surface area contributed by atoms with Crippen LogP contribution in [0, 0.1) is 13.8 Å². The lowest BCUT2D eigenvalue weighted by Crippen LogP contribution is -2.22. The molecule has 0 aliphatic carbocycles. The monoisotopic (exact) mass is 293 g/mol. The van der Waals surface area contributed by atoms with Crippen LogP contribution in [-0.4, -0.2) is 26.3 Å². The first-order chi connectivity index (χ1) is 9.40. The average Bonchev–Trinajstić information content (AvgIpc) is 2.70. The van der Waals surface area contributed by atoms with Crippen molar-refractivity contribution in [2.45, 2.75) is 13.8 Å². The molecule has 0 bridgehead atoms. The van der Waals surface area contributed by atoms with Gasteiger partial charge in [-0.05, 0) is 25.4 Å². The van der Waals surface area contributed by atoms with E-state index in [-0.39, 0.29) is 16.1 Å². The number of carboxylic acids is 1. The molecule has 0 atom stereocenters. The van der Waals surface area contributed by atoms with E-state index >= 15 is 0 Å². The SMILES string of the molecule is Cc1cc(=O)c(C(=O)Nc2snc(C)c2C(=O)O)c[nH]1. The third-order valence-corrected chi connectivity index (χ3v) is 3.46. The van der Waals surface area contributed by atoms with Crippen LogP contribution in [0.3, 0.4) is 0 Å². The van der Waals surface area contributed by atoms with Gasteiger partial charge in [-0.25, -0.2) is 4.79 Å². The number of carbonyl (C=O) groups excluding carboxylic acids is 1. The van der Waals surface area contributed by atoms with Crippen molar-refractivity contribution >= 4 is 28.4 Å². The van der Waals surface area contributed by atoms with Gasteiger partial charge in [-0.15, -0.1) is 0 Å². The number of aromatic nitrogens is 2. The predicted molar refractivity (Wildman–Crippen MR) is 73.6 cm³/mol. The zero-order valence-corrected chi connectivity index (χ0v) is 11.5. The molecular formula is C12H11N3O4S. The summed E-state index contributed by atoms with van der Waals surface area (Å²) in [5, 5.41) is 11.6. The summed E-state index contributed by atoms with van der Waals surface area (Å²) < 4.78 is 3.88. The zero-order valence-electron chi connectivity index (χ0n) is 10.7. The molecular weight excluding hydrogens is 282 g/mol. The summed E-state index contributed by atoms with van der Waals surface area (Å²) in [4.78, 5) is 37.5. The Morgan fingerprint density at radius 1 is 1.40 bits per heavy atom. The Labute approximate surface area is 117 Å². The van der Waals surface area contributed by atoms with Crippen LogP contribution in [0.15, 0.2) is 17.1 Å². The number of carbonyl (C=O) groups is 2. The molecule has 3 N–H and O–H groups in total. The van der Waals surface area contributed by atoms with Crippen LogP contribution in [0.4, 0.5) is 5.00 Å². The van der Waals surface area contributed by atoms with Gasteiger partial charge in [0, 0.05) is 18.0 Å². The lowest BCUT2D eigenvalue weighted by molar-refractivity contribution is 0.0697. The third kappa shape index (κ3) is 2.59. The Balaban J connectivity index is 2.33. The molecule has 20 heavy (non-hydrogen) atoms. The maximum atomic E-state index is 12.0. The number of aryl methyl sites for hydroxylation is 2. The van der Waals surface area contributed by atoms with Gasteiger partial charge >= 0.3 is 5.97 Å². The van der Waals surface area contributed by atoms with E-state index in [1.807, 2.05) is 0 Å². The molecule has 2 aromatic heterocycles. The van der Waals surface area contributed by atoms with Crippen molar-refractivity contribution in [3.8, 4) is 0 Å². The van der Waals surface area contributed by atoms with Gasteiger partial charge in [-0.3, -0.25) is 9.59 Å². The molecule has 8 heteroatoms. The molecule has 0 aliphatic rings. The predicted octanol–water partition coefficient (Wildman–Crippen LogP) is 1.40. The molecule has 0 aromatic carbocycles. The minimum Gasteiger partial charge on any atom is -0.478 e. The Morgan fingerprint density at radius 3 is 2.70 bits per heavy atom. The largest absolute Gasteiger partial charge is 0.478 e. The number of aromatic amines is 1. The molecule has 0 aliphatic heterocycles. The second-order valence-electron chi connectivity index (χ2n) is 4.13. The first-order valence-corrected chi connectivity index (χ1v) is 6.37. The second kappa shape index (κ2) is 5.25. The number of rotatable bonds is 3. The highest BCUT2D eigenvalue weighted by Gasteiger charge is 2.20. The van der Waals surface area contributed by atoms with Crippen LogP contribution in [0.2, 0.25) is 0 Å². The van der Waals surface area contributed by atoms with Gasteiger partial charge in [0.05, 0.1) is 5.69 Å². The van der Waals surface area contributed by atoms with Crippen LogP contribution in [0.25, 0.3) is 0 Å². The van der Waals surface area contributed by atoms with Gasteiger partial charge < -0.3 is 15.4 Å². The number of pyridine rings is 1. The van der Waals surface area contributed by atoms with E-state index in [4.69, 9.17) is 5.11 Å². The van der Waals surface area contributed by atoms with E-state index in [0.717, 1.165) is 11.5 Å². The van der Waals surface area contributed by atoms with E-state index in [0.29, 0.717) is 11.4 Å². The van der Waals surface area contributed by atoms with E-state index in [9.17, 15) is 14.4 Å². The smallest absolute Gasteiger partial charge is 0.340 e. The summed E-state index contributed by atoms with van der Waals surface area (Å²) in [6.45, 7) is 3.23. The highest BCUT2D eigenvalue weighted by Crippen LogP contribution is 2.24. The van der Waals surface area contributed by atoms with Gasteiger partial charge in [0.2, 0.25) is 0 Å². The van der Waals surface area contributed by atoms with E-state index < -0.39 is 17.3 Å². The molecule has 2 rings (SSSR count). The van der Waals surface area contributed by atoms with Crippen molar-refractivity contribution in [3.63, 3.8) is 0 Å². The number of aromatic carboxylic acids is 1. The van der Waals surface area contributed by atoms with E-state index in [1.165, 1.54) is 19.2 Å². The summed E-state index contributed by atoms with van der Waals surface area (Å²) >= 11 is 0.861. The number of anilines is 1. The van der Waals surface area contributed by atoms with Crippen molar-refractivity contribution in [3.05, 3.63) is 45.0 Å². The second-order valence-corrected chi connectivity index (χ2v) is 4.90. The van der Waals surface area contributed by atoms with Crippen LogP contribution >= 0.6 is 11.5 Å². The van der Waals surface area contributed by atoms with Crippen LogP contribution < -0.4 is 10.7 Å². The Hall–Kier alpha value is -2.48. The fourth-order valence-electron chi connectivity index (χ4n) is 1.63. The van der Waals surface area contributed by atoms with Gasteiger partial charge in [0.25, 0.3) is 5.91 Å². The number of hydrogen-bond acceptors (Lipinski definition) is 5. The molecule has 1 amide bonds. The quantitative estimate of drug-likeness (QED) is 0.791. The summed E-state index contributed by atoms with van der Waals surface area (Å²) in [5.41, 5.74) is 0.365. The fraction of sp³-hybridized carbons (Fsp3) is 0.167. The standard InChI is InChI=1S/C12H11N3O4S/c1-5-3-8(16)7(4-13-5)10(17)14-11-9(12(18)19)6(2)15-20-11/h3-4H,1-2H3,(H,13,16)(H,14,17)(H,18,19). The summed E-state index contributed by atoms with van der Waals surface area (Å²) in [6, 6.07) is 1.30. The molecule has 7 nitrogen and oxygen atoms in total. The van der Waals surface area contributed by atoms with Gasteiger partial charge in [-0.1, -0.05) is 0 Å². The fourth-order valence-corrected chi connectivity index (χ4v) is 2.41. The van der Waals surface area contributed by atoms with Crippen molar-refractivity contribution in [2.24, 2.45) is 0 Å². The molecule has 0 saturated carbocycles. The summed E-state index contributed by atoms with van der Waals surface area (Å²) in [5.74, 6) is -1.85. The Morgan fingerprint density at radius 2 is 2.10 bits per heavy atom. The zero-order chi connectivity index (χ0) is 14.9. The van der Waals surface area contributed by atoms with Crippen molar-refractivity contribution in [1.29, 1.82) is 0 Å². The van der Waals surface area contributed by atoms with Gasteiger partial charge in [-0.2, -0.15) is 4.37 Å². The summed E-state index contributed by atoms with van der Waals surface area (Å²) in [7, 11) is 0. The topological polar surface area (TPSA) is 112 Å². The van der Waals surface area contributed by atoms with Crippen LogP contribution in [0.5, 0.6) is 0 Å². The molecule has 0 radical (unpaired) electrons. The highest BCUT2D eigenvalue weighted by molar-refractivity contribution is 7.11. The number of amides is 1. The molecule has 2 aromatic rings. The van der Waals surface area contributed by atoms with Crippen molar-refractivity contribution in [2.75, 3.05) is 5.32 Å². The average molecular weight is 293 g/mol. The number of H-pyrrole nitrogens is 1. The lowest BCUT2D eigenvalue weighted by Gasteiger charge is -2.03. The lowest BCUT2D eigenvalue weighted by atomic mass is 10.2.